The SMILES string of the molecule is NC(Cc1ccccc1F)C1CCCOC1. The van der Waals surface area contributed by atoms with E-state index in [1.165, 1.54) is 6.07 Å². The molecule has 0 amide bonds. The van der Waals surface area contributed by atoms with Gasteiger partial charge in [-0.25, -0.2) is 4.39 Å². The summed E-state index contributed by atoms with van der Waals surface area (Å²) in [6, 6.07) is 6.84. The van der Waals surface area contributed by atoms with E-state index >= 15 is 0 Å². The number of hydrogen-bond acceptors (Lipinski definition) is 2. The molecule has 1 saturated heterocycles. The lowest BCUT2D eigenvalue weighted by Crippen LogP contribution is -2.37. The van der Waals surface area contributed by atoms with Crippen LogP contribution in [-0.4, -0.2) is 19.3 Å². The minimum Gasteiger partial charge on any atom is -0.381 e. The lowest BCUT2D eigenvalue weighted by atomic mass is 9.90. The predicted molar refractivity (Wildman–Crippen MR) is 61.6 cm³/mol. The van der Waals surface area contributed by atoms with E-state index in [4.69, 9.17) is 10.5 Å². The highest BCUT2D eigenvalue weighted by molar-refractivity contribution is 5.18. The van der Waals surface area contributed by atoms with Crippen molar-refractivity contribution < 1.29 is 9.13 Å². The average Bonchev–Trinajstić information content (AvgIpc) is 2.33. The molecule has 0 aromatic heterocycles. The zero-order valence-corrected chi connectivity index (χ0v) is 9.36. The summed E-state index contributed by atoms with van der Waals surface area (Å²) in [5, 5.41) is 0. The molecule has 1 fully saturated rings. The van der Waals surface area contributed by atoms with Gasteiger partial charge in [0.2, 0.25) is 0 Å². The quantitative estimate of drug-likeness (QED) is 0.852. The monoisotopic (exact) mass is 223 g/mol. The highest BCUT2D eigenvalue weighted by Crippen LogP contribution is 2.19. The van der Waals surface area contributed by atoms with Gasteiger partial charge >= 0.3 is 0 Å². The molecule has 16 heavy (non-hydrogen) atoms. The van der Waals surface area contributed by atoms with E-state index in [-0.39, 0.29) is 11.9 Å². The first-order valence-corrected chi connectivity index (χ1v) is 5.84. The minimum absolute atomic E-state index is 0.00259. The summed E-state index contributed by atoms with van der Waals surface area (Å²) < 4.78 is 18.8. The number of nitrogens with two attached hydrogens (primary N) is 1. The van der Waals surface area contributed by atoms with Crippen LogP contribution < -0.4 is 5.73 Å². The van der Waals surface area contributed by atoms with E-state index in [2.05, 4.69) is 0 Å². The van der Waals surface area contributed by atoms with Crippen molar-refractivity contribution in [2.45, 2.75) is 25.3 Å². The Balaban J connectivity index is 1.96. The molecule has 2 atom stereocenters. The first kappa shape index (κ1) is 11.6. The summed E-state index contributed by atoms with van der Waals surface area (Å²) in [4.78, 5) is 0. The van der Waals surface area contributed by atoms with E-state index in [0.717, 1.165) is 26.1 Å². The number of rotatable bonds is 3. The average molecular weight is 223 g/mol. The zero-order valence-electron chi connectivity index (χ0n) is 9.36. The predicted octanol–water partition coefficient (Wildman–Crippen LogP) is 2.12. The number of hydrogen-bond donors (Lipinski definition) is 1. The first-order valence-electron chi connectivity index (χ1n) is 5.84. The molecule has 2 N–H and O–H groups in total. The van der Waals surface area contributed by atoms with Gasteiger partial charge in [0.15, 0.2) is 0 Å². The molecule has 1 heterocycles. The van der Waals surface area contributed by atoms with Crippen molar-refractivity contribution in [2.75, 3.05) is 13.2 Å². The molecule has 1 aromatic carbocycles. The molecular weight excluding hydrogens is 205 g/mol. The minimum atomic E-state index is -0.158. The Morgan fingerprint density at radius 2 is 2.25 bits per heavy atom. The van der Waals surface area contributed by atoms with Gasteiger partial charge in [-0.15, -0.1) is 0 Å². The van der Waals surface area contributed by atoms with Gasteiger partial charge < -0.3 is 10.5 Å². The largest absolute Gasteiger partial charge is 0.381 e. The molecular formula is C13H18FNO. The fourth-order valence-corrected chi connectivity index (χ4v) is 2.19. The molecule has 2 nitrogen and oxygen atoms in total. The summed E-state index contributed by atoms with van der Waals surface area (Å²) in [7, 11) is 0. The van der Waals surface area contributed by atoms with Crippen LogP contribution in [0.5, 0.6) is 0 Å². The molecule has 0 bridgehead atoms. The van der Waals surface area contributed by atoms with Gasteiger partial charge in [-0.3, -0.25) is 0 Å². The summed E-state index contributed by atoms with van der Waals surface area (Å²) in [5.41, 5.74) is 6.81. The third-order valence-corrected chi connectivity index (χ3v) is 3.21. The van der Waals surface area contributed by atoms with Crippen molar-refractivity contribution in [2.24, 2.45) is 11.7 Å². The van der Waals surface area contributed by atoms with Crippen molar-refractivity contribution in [1.29, 1.82) is 0 Å². The van der Waals surface area contributed by atoms with Crippen LogP contribution >= 0.6 is 0 Å². The van der Waals surface area contributed by atoms with Crippen LogP contribution in [0.3, 0.4) is 0 Å². The van der Waals surface area contributed by atoms with Crippen molar-refractivity contribution in [3.63, 3.8) is 0 Å². The maximum atomic E-state index is 13.4. The van der Waals surface area contributed by atoms with Crippen LogP contribution in [0.4, 0.5) is 4.39 Å². The van der Waals surface area contributed by atoms with Gasteiger partial charge in [0.1, 0.15) is 5.82 Å². The third kappa shape index (κ3) is 2.80. The van der Waals surface area contributed by atoms with Gasteiger partial charge in [0.05, 0.1) is 6.61 Å². The Morgan fingerprint density at radius 1 is 1.44 bits per heavy atom. The van der Waals surface area contributed by atoms with E-state index in [9.17, 15) is 4.39 Å². The molecule has 88 valence electrons. The van der Waals surface area contributed by atoms with Crippen molar-refractivity contribution in [1.82, 2.24) is 0 Å². The van der Waals surface area contributed by atoms with E-state index < -0.39 is 0 Å². The molecule has 0 radical (unpaired) electrons. The molecule has 1 aliphatic heterocycles. The Hall–Kier alpha value is -0.930. The number of benzene rings is 1. The van der Waals surface area contributed by atoms with Gasteiger partial charge in [-0.05, 0) is 36.8 Å². The van der Waals surface area contributed by atoms with E-state index in [1.807, 2.05) is 6.07 Å². The van der Waals surface area contributed by atoms with Gasteiger partial charge in [-0.2, -0.15) is 0 Å². The van der Waals surface area contributed by atoms with Crippen LogP contribution in [0.25, 0.3) is 0 Å². The van der Waals surface area contributed by atoms with Crippen LogP contribution in [0.1, 0.15) is 18.4 Å². The van der Waals surface area contributed by atoms with Gasteiger partial charge in [0.25, 0.3) is 0 Å². The second-order valence-electron chi connectivity index (χ2n) is 4.44. The van der Waals surface area contributed by atoms with Crippen LogP contribution in [0.15, 0.2) is 24.3 Å². The summed E-state index contributed by atoms with van der Waals surface area (Å²) in [6.45, 7) is 1.55. The normalized spacial score (nSPS) is 23.0. The second-order valence-corrected chi connectivity index (χ2v) is 4.44. The summed E-state index contributed by atoms with van der Waals surface area (Å²) in [5.74, 6) is 0.211. The highest BCUT2D eigenvalue weighted by Gasteiger charge is 2.21. The Kier molecular flexibility index (Phi) is 3.91. The maximum Gasteiger partial charge on any atom is 0.126 e. The van der Waals surface area contributed by atoms with Crippen molar-refractivity contribution in [3.8, 4) is 0 Å². The standard InChI is InChI=1S/C13H18FNO/c14-12-6-2-1-4-10(12)8-13(15)11-5-3-7-16-9-11/h1-2,4,6,11,13H,3,5,7-9,15H2. The summed E-state index contributed by atoms with van der Waals surface area (Å²) >= 11 is 0. The molecule has 0 saturated carbocycles. The zero-order chi connectivity index (χ0) is 11.4. The maximum absolute atomic E-state index is 13.4. The molecule has 2 unspecified atom stereocenters. The number of halogens is 1. The Labute approximate surface area is 95.6 Å². The van der Waals surface area contributed by atoms with Crippen LogP contribution in [0, 0.1) is 11.7 Å². The smallest absolute Gasteiger partial charge is 0.126 e. The van der Waals surface area contributed by atoms with Gasteiger partial charge in [-0.1, -0.05) is 18.2 Å². The van der Waals surface area contributed by atoms with Gasteiger partial charge in [0, 0.05) is 12.6 Å². The fraction of sp³-hybridized carbons (Fsp3) is 0.538. The molecule has 1 aliphatic rings. The van der Waals surface area contributed by atoms with Crippen molar-refractivity contribution >= 4 is 0 Å². The lowest BCUT2D eigenvalue weighted by Gasteiger charge is -2.27. The fourth-order valence-electron chi connectivity index (χ4n) is 2.19. The lowest BCUT2D eigenvalue weighted by molar-refractivity contribution is 0.0449. The molecule has 0 aliphatic carbocycles. The highest BCUT2D eigenvalue weighted by atomic mass is 19.1. The summed E-state index contributed by atoms with van der Waals surface area (Å²) in [6.07, 6.45) is 2.76. The Morgan fingerprint density at radius 3 is 2.94 bits per heavy atom. The van der Waals surface area contributed by atoms with Crippen LogP contribution in [-0.2, 0) is 11.2 Å². The number of ether oxygens (including phenoxy) is 1. The first-order chi connectivity index (χ1) is 7.77. The molecule has 2 rings (SSSR count). The van der Waals surface area contributed by atoms with E-state index in [0.29, 0.717) is 17.9 Å². The Bertz CT molecular complexity index is 336. The second kappa shape index (κ2) is 5.41. The molecule has 1 aromatic rings. The van der Waals surface area contributed by atoms with Crippen molar-refractivity contribution in [3.05, 3.63) is 35.6 Å². The van der Waals surface area contributed by atoms with Crippen LogP contribution in [0.2, 0.25) is 0 Å². The topological polar surface area (TPSA) is 35.2 Å². The third-order valence-electron chi connectivity index (χ3n) is 3.21. The molecule has 3 heteroatoms. The molecule has 0 spiro atoms. The van der Waals surface area contributed by atoms with E-state index in [1.54, 1.807) is 12.1 Å².